The van der Waals surface area contributed by atoms with Crippen LogP contribution in [0.15, 0.2) is 66.4 Å². The summed E-state index contributed by atoms with van der Waals surface area (Å²) >= 11 is 0. The second-order valence-corrected chi connectivity index (χ2v) is 11.7. The molecule has 42 heavy (non-hydrogen) atoms. The Morgan fingerprint density at radius 1 is 1.07 bits per heavy atom. The number of H-pyrrole nitrogens is 1. The number of rotatable bonds is 9. The van der Waals surface area contributed by atoms with Gasteiger partial charge in [-0.3, -0.25) is 14.4 Å². The van der Waals surface area contributed by atoms with Crippen LogP contribution in [0, 0.1) is 11.8 Å². The predicted octanol–water partition coefficient (Wildman–Crippen LogP) is 5.70. The number of nitrogens with zero attached hydrogens (tertiary/aromatic N) is 2. The maximum atomic E-state index is 14.2. The Bertz CT molecular complexity index is 1590. The van der Waals surface area contributed by atoms with Crippen LogP contribution in [0.5, 0.6) is 0 Å². The predicted molar refractivity (Wildman–Crippen MR) is 159 cm³/mol. The Hall–Kier alpha value is -3.88. The number of ketones is 3. The zero-order chi connectivity index (χ0) is 29.6. The van der Waals surface area contributed by atoms with E-state index in [2.05, 4.69) is 23.8 Å². The maximum absolute atomic E-state index is 14.2. The van der Waals surface area contributed by atoms with Crippen molar-refractivity contribution in [2.45, 2.75) is 58.3 Å². The molecule has 1 spiro atoms. The van der Waals surface area contributed by atoms with Gasteiger partial charge in [-0.05, 0) is 81.0 Å². The number of hydrogen-bond donors (Lipinski definition) is 1. The highest BCUT2D eigenvalue weighted by atomic mass is 16.7. The molecule has 3 aromatic rings. The molecule has 0 radical (unpaired) electrons. The van der Waals surface area contributed by atoms with Gasteiger partial charge in [-0.1, -0.05) is 38.1 Å². The Morgan fingerprint density at radius 3 is 2.52 bits per heavy atom. The smallest absolute Gasteiger partial charge is 0.210 e. The highest BCUT2D eigenvalue weighted by molar-refractivity contribution is 6.33. The molecule has 2 atom stereocenters. The summed E-state index contributed by atoms with van der Waals surface area (Å²) < 4.78 is 12.3. The minimum absolute atomic E-state index is 0.161. The van der Waals surface area contributed by atoms with E-state index in [-0.39, 0.29) is 23.2 Å². The van der Waals surface area contributed by atoms with Crippen molar-refractivity contribution in [1.29, 1.82) is 0 Å². The first kappa shape index (κ1) is 28.2. The third kappa shape index (κ3) is 4.36. The second kappa shape index (κ2) is 10.7. The van der Waals surface area contributed by atoms with E-state index in [0.29, 0.717) is 60.9 Å². The minimum atomic E-state index is -1.35. The summed E-state index contributed by atoms with van der Waals surface area (Å²) in [6.07, 6.45) is 7.32. The molecular weight excluding hydrogens is 530 g/mol. The molecule has 2 unspecified atom stereocenters. The van der Waals surface area contributed by atoms with E-state index in [9.17, 15) is 14.4 Å². The van der Waals surface area contributed by atoms with Gasteiger partial charge in [-0.25, -0.2) is 4.98 Å². The van der Waals surface area contributed by atoms with E-state index in [1.165, 1.54) is 0 Å². The molecule has 1 saturated heterocycles. The van der Waals surface area contributed by atoms with Crippen LogP contribution < -0.4 is 0 Å². The van der Waals surface area contributed by atoms with Crippen molar-refractivity contribution < 1.29 is 23.9 Å². The van der Waals surface area contributed by atoms with Crippen molar-refractivity contribution >= 4 is 28.4 Å². The van der Waals surface area contributed by atoms with Crippen molar-refractivity contribution in [3.8, 4) is 0 Å². The highest BCUT2D eigenvalue weighted by Crippen LogP contribution is 2.46. The van der Waals surface area contributed by atoms with Crippen molar-refractivity contribution in [3.05, 3.63) is 88.9 Å². The zero-order valence-corrected chi connectivity index (χ0v) is 24.6. The van der Waals surface area contributed by atoms with Crippen molar-refractivity contribution in [1.82, 2.24) is 14.9 Å². The normalized spacial score (nSPS) is 22.9. The number of para-hydroxylation sites is 2. The average molecular weight is 568 g/mol. The summed E-state index contributed by atoms with van der Waals surface area (Å²) in [6, 6.07) is 13.1. The van der Waals surface area contributed by atoms with Gasteiger partial charge in [0.25, 0.3) is 0 Å². The van der Waals surface area contributed by atoms with Crippen LogP contribution in [-0.4, -0.2) is 63.3 Å². The molecule has 1 aliphatic heterocycles. The van der Waals surface area contributed by atoms with E-state index in [1.54, 1.807) is 12.2 Å². The molecule has 1 fully saturated rings. The summed E-state index contributed by atoms with van der Waals surface area (Å²) in [7, 11) is 0. The molecule has 2 aromatic carbocycles. The highest BCUT2D eigenvalue weighted by Gasteiger charge is 2.60. The Balaban J connectivity index is 1.41. The molecule has 6 rings (SSSR count). The molecule has 3 aliphatic rings. The number of fused-ring (bicyclic) bond motifs is 2. The van der Waals surface area contributed by atoms with Gasteiger partial charge in [0.1, 0.15) is 5.92 Å². The molecular formula is C34H37N3O5. The number of ether oxygens (including phenoxy) is 2. The van der Waals surface area contributed by atoms with Crippen molar-refractivity contribution in [2.75, 3.05) is 19.8 Å². The fraction of sp³-hybridized carbons (Fsp3) is 0.412. The van der Waals surface area contributed by atoms with Crippen LogP contribution in [0.3, 0.4) is 0 Å². The molecule has 218 valence electrons. The fourth-order valence-corrected chi connectivity index (χ4v) is 6.84. The van der Waals surface area contributed by atoms with E-state index in [4.69, 9.17) is 9.47 Å². The molecule has 0 amide bonds. The fourth-order valence-electron chi connectivity index (χ4n) is 6.84. The van der Waals surface area contributed by atoms with E-state index in [1.807, 2.05) is 67.3 Å². The standard InChI is InChI=1S/C34H37N3O5/c1-5-41-34(42-6-2)16-14-23(20-26(34)29(38)32-35-27-10-7-8-11-28(27)36-32)37-17-9-15-33(37)30(39)24-13-12-22(18-21(3)4)19-25(24)31(33)40/h7-8,10-14,16,19-21,26H,5-6,9,15,17-18H2,1-4H3,(H,35,36). The minimum Gasteiger partial charge on any atom is -0.352 e. The number of aromatic amines is 1. The first-order chi connectivity index (χ1) is 20.2. The SMILES string of the molecule is CCOC1(OCC)C=CC(N2CCCC23C(=O)c2ccc(CC(C)C)cc2C3=O)=CC1C(=O)c1nc2ccccc2[nH]1. The summed E-state index contributed by atoms with van der Waals surface area (Å²) in [4.78, 5) is 51.9. The number of hydrogen-bond acceptors (Lipinski definition) is 7. The molecule has 8 heteroatoms. The summed E-state index contributed by atoms with van der Waals surface area (Å²) in [5, 5.41) is 0. The van der Waals surface area contributed by atoms with Gasteiger partial charge >= 0.3 is 0 Å². The third-order valence-corrected chi connectivity index (χ3v) is 8.56. The molecule has 0 saturated carbocycles. The lowest BCUT2D eigenvalue weighted by Crippen LogP contribution is -2.53. The topological polar surface area (TPSA) is 102 Å². The first-order valence-electron chi connectivity index (χ1n) is 14.9. The van der Waals surface area contributed by atoms with Crippen molar-refractivity contribution in [3.63, 3.8) is 0 Å². The zero-order valence-electron chi connectivity index (χ0n) is 24.6. The first-order valence-corrected chi connectivity index (χ1v) is 14.9. The van der Waals surface area contributed by atoms with Crippen LogP contribution in [0.2, 0.25) is 0 Å². The quantitative estimate of drug-likeness (QED) is 0.201. The van der Waals surface area contributed by atoms with Gasteiger partial charge in [0.2, 0.25) is 11.6 Å². The number of benzene rings is 2. The van der Waals surface area contributed by atoms with Gasteiger partial charge in [-0.15, -0.1) is 0 Å². The van der Waals surface area contributed by atoms with Gasteiger partial charge in [-0.2, -0.15) is 0 Å². The molecule has 1 N–H and O–H groups in total. The Morgan fingerprint density at radius 2 is 1.81 bits per heavy atom. The van der Waals surface area contributed by atoms with Crippen LogP contribution >= 0.6 is 0 Å². The van der Waals surface area contributed by atoms with Crippen LogP contribution in [0.4, 0.5) is 0 Å². The third-order valence-electron chi connectivity index (χ3n) is 8.56. The number of carbonyl (C=O) groups excluding carboxylic acids is 3. The molecule has 2 aliphatic carbocycles. The van der Waals surface area contributed by atoms with Crippen LogP contribution in [-0.2, 0) is 15.9 Å². The van der Waals surface area contributed by atoms with E-state index < -0.39 is 17.2 Å². The van der Waals surface area contributed by atoms with Crippen LogP contribution in [0.25, 0.3) is 11.0 Å². The van der Waals surface area contributed by atoms with Crippen LogP contribution in [0.1, 0.15) is 77.4 Å². The Kier molecular flexibility index (Phi) is 7.23. The number of aromatic nitrogens is 2. The number of Topliss-reactive ketones (excluding diaryl/α,β-unsaturated/α-hetero) is 3. The lowest BCUT2D eigenvalue weighted by atomic mass is 9.85. The van der Waals surface area contributed by atoms with Crippen molar-refractivity contribution in [2.24, 2.45) is 11.8 Å². The van der Waals surface area contributed by atoms with Gasteiger partial charge in [0.05, 0.1) is 11.0 Å². The number of likely N-dealkylation sites (tertiary alicyclic amines) is 1. The molecule has 8 nitrogen and oxygen atoms in total. The number of nitrogens with one attached hydrogen (secondary N) is 1. The summed E-state index contributed by atoms with van der Waals surface area (Å²) in [5.41, 5.74) is 2.78. The van der Waals surface area contributed by atoms with E-state index >= 15 is 0 Å². The molecule has 1 aromatic heterocycles. The molecule has 0 bridgehead atoms. The largest absolute Gasteiger partial charge is 0.352 e. The monoisotopic (exact) mass is 567 g/mol. The number of allylic oxidation sites excluding steroid dienone is 1. The summed E-state index contributed by atoms with van der Waals surface area (Å²) in [6.45, 7) is 9.12. The number of imidazole rings is 1. The average Bonchev–Trinajstić information content (AvgIpc) is 3.66. The second-order valence-electron chi connectivity index (χ2n) is 11.7. The van der Waals surface area contributed by atoms with Gasteiger partial charge in [0.15, 0.2) is 22.9 Å². The lowest BCUT2D eigenvalue weighted by Gasteiger charge is -2.41. The summed E-state index contributed by atoms with van der Waals surface area (Å²) in [5.74, 6) is -2.25. The number of carbonyl (C=O) groups is 3. The Labute approximate surface area is 245 Å². The van der Waals surface area contributed by atoms with E-state index in [0.717, 1.165) is 17.5 Å². The maximum Gasteiger partial charge on any atom is 0.210 e. The lowest BCUT2D eigenvalue weighted by molar-refractivity contribution is -0.213. The van der Waals surface area contributed by atoms with Gasteiger partial charge < -0.3 is 19.4 Å². The molecule has 2 heterocycles. The van der Waals surface area contributed by atoms with Gasteiger partial charge in [0, 0.05) is 36.6 Å².